The van der Waals surface area contributed by atoms with Crippen molar-refractivity contribution in [2.45, 2.75) is 6.92 Å². The van der Waals surface area contributed by atoms with Crippen LogP contribution in [0.1, 0.15) is 5.56 Å². The van der Waals surface area contributed by atoms with Gasteiger partial charge in [-0.1, -0.05) is 18.2 Å². The predicted octanol–water partition coefficient (Wildman–Crippen LogP) is 2.38. The molecular formula is C13H15NO3. The first-order chi connectivity index (χ1) is 8.02. The highest BCUT2D eigenvalue weighted by atomic mass is 16.3. The van der Waals surface area contributed by atoms with E-state index in [-0.39, 0.29) is 17.2 Å². The zero-order valence-electron chi connectivity index (χ0n) is 9.46. The van der Waals surface area contributed by atoms with Crippen LogP contribution in [0.25, 0.3) is 0 Å². The Morgan fingerprint density at radius 1 is 0.765 bits per heavy atom. The van der Waals surface area contributed by atoms with E-state index in [2.05, 4.69) is 0 Å². The molecule has 0 aliphatic rings. The molecule has 0 unspecified atom stereocenters. The number of para-hydroxylation sites is 2. The topological polar surface area (TPSA) is 86.7 Å². The van der Waals surface area contributed by atoms with Gasteiger partial charge in [0.15, 0.2) is 0 Å². The number of nitrogen functional groups attached to an aromatic ring is 1. The summed E-state index contributed by atoms with van der Waals surface area (Å²) in [5, 5.41) is 26.7. The first-order valence-electron chi connectivity index (χ1n) is 5.03. The Morgan fingerprint density at radius 3 is 1.59 bits per heavy atom. The smallest absolute Gasteiger partial charge is 0.138 e. The summed E-state index contributed by atoms with van der Waals surface area (Å²) < 4.78 is 0. The Kier molecular flexibility index (Phi) is 4.22. The molecule has 4 nitrogen and oxygen atoms in total. The number of aromatic hydroxyl groups is 3. The molecular weight excluding hydrogens is 218 g/mol. The second kappa shape index (κ2) is 5.65. The molecule has 0 heterocycles. The van der Waals surface area contributed by atoms with Crippen LogP contribution < -0.4 is 5.73 Å². The molecule has 0 spiro atoms. The molecule has 0 aliphatic carbocycles. The van der Waals surface area contributed by atoms with E-state index in [1.165, 1.54) is 12.1 Å². The van der Waals surface area contributed by atoms with Crippen molar-refractivity contribution in [3.05, 3.63) is 48.0 Å². The lowest BCUT2D eigenvalue weighted by Gasteiger charge is -1.98. The van der Waals surface area contributed by atoms with Crippen molar-refractivity contribution in [3.8, 4) is 17.2 Å². The lowest BCUT2D eigenvalue weighted by molar-refractivity contribution is 0.443. The zero-order chi connectivity index (χ0) is 12.8. The molecule has 0 fully saturated rings. The van der Waals surface area contributed by atoms with Gasteiger partial charge < -0.3 is 21.1 Å². The summed E-state index contributed by atoms with van der Waals surface area (Å²) in [4.78, 5) is 0. The summed E-state index contributed by atoms with van der Waals surface area (Å²) in [6.45, 7) is 1.66. The summed E-state index contributed by atoms with van der Waals surface area (Å²) in [6.07, 6.45) is 0. The van der Waals surface area contributed by atoms with Crippen LogP contribution in [0.15, 0.2) is 42.5 Å². The highest BCUT2D eigenvalue weighted by Crippen LogP contribution is 2.23. The van der Waals surface area contributed by atoms with E-state index in [4.69, 9.17) is 21.1 Å². The maximum absolute atomic E-state index is 8.94. The predicted molar refractivity (Wildman–Crippen MR) is 67.0 cm³/mol. The summed E-state index contributed by atoms with van der Waals surface area (Å²) >= 11 is 0. The molecule has 0 atom stereocenters. The zero-order valence-corrected chi connectivity index (χ0v) is 9.46. The number of rotatable bonds is 0. The van der Waals surface area contributed by atoms with E-state index in [1.54, 1.807) is 37.3 Å². The first kappa shape index (κ1) is 12.7. The average molecular weight is 233 g/mol. The Labute approximate surface area is 99.6 Å². The third-order valence-corrected chi connectivity index (χ3v) is 2.21. The van der Waals surface area contributed by atoms with Gasteiger partial charge in [0.05, 0.1) is 5.69 Å². The molecule has 0 aromatic heterocycles. The minimum atomic E-state index is 0.134. The van der Waals surface area contributed by atoms with Crippen molar-refractivity contribution < 1.29 is 15.3 Å². The second-order valence-corrected chi connectivity index (χ2v) is 3.48. The molecule has 0 radical (unpaired) electrons. The molecule has 2 aromatic rings. The van der Waals surface area contributed by atoms with Crippen molar-refractivity contribution >= 4 is 5.69 Å². The van der Waals surface area contributed by atoms with Crippen LogP contribution in [0.2, 0.25) is 0 Å². The van der Waals surface area contributed by atoms with Crippen molar-refractivity contribution in [1.82, 2.24) is 0 Å². The number of benzene rings is 2. The van der Waals surface area contributed by atoms with Crippen LogP contribution >= 0.6 is 0 Å². The fourth-order valence-electron chi connectivity index (χ4n) is 1.10. The normalized spacial score (nSPS) is 9.24. The molecule has 4 heteroatoms. The van der Waals surface area contributed by atoms with E-state index in [9.17, 15) is 0 Å². The van der Waals surface area contributed by atoms with Crippen LogP contribution in [0, 0.1) is 6.92 Å². The van der Waals surface area contributed by atoms with E-state index >= 15 is 0 Å². The summed E-state index contributed by atoms with van der Waals surface area (Å²) in [6, 6.07) is 11.4. The fourth-order valence-corrected chi connectivity index (χ4v) is 1.10. The van der Waals surface area contributed by atoms with Gasteiger partial charge in [0.2, 0.25) is 0 Å². The highest BCUT2D eigenvalue weighted by molar-refractivity contribution is 5.50. The Bertz CT molecular complexity index is 457. The van der Waals surface area contributed by atoms with E-state index in [1.807, 2.05) is 0 Å². The van der Waals surface area contributed by atoms with Crippen LogP contribution in [0.3, 0.4) is 0 Å². The second-order valence-electron chi connectivity index (χ2n) is 3.48. The number of anilines is 1. The van der Waals surface area contributed by atoms with Crippen LogP contribution in [-0.4, -0.2) is 15.3 Å². The number of hydrogen-bond acceptors (Lipinski definition) is 4. The number of nitrogens with two attached hydrogens (primary N) is 1. The summed E-state index contributed by atoms with van der Waals surface area (Å²) in [5.41, 5.74) is 6.22. The third kappa shape index (κ3) is 3.61. The highest BCUT2D eigenvalue weighted by Gasteiger charge is 1.97. The summed E-state index contributed by atoms with van der Waals surface area (Å²) in [5.74, 6) is 0.414. The number of phenolic OH excluding ortho intramolecular Hbond substituents is 3. The van der Waals surface area contributed by atoms with E-state index < -0.39 is 0 Å². The van der Waals surface area contributed by atoms with Gasteiger partial charge >= 0.3 is 0 Å². The van der Waals surface area contributed by atoms with Crippen LogP contribution in [0.4, 0.5) is 5.69 Å². The third-order valence-electron chi connectivity index (χ3n) is 2.21. The van der Waals surface area contributed by atoms with Gasteiger partial charge in [0.25, 0.3) is 0 Å². The number of phenols is 3. The van der Waals surface area contributed by atoms with Gasteiger partial charge in [-0.25, -0.2) is 0 Å². The lowest BCUT2D eigenvalue weighted by Crippen LogP contribution is -1.82. The monoisotopic (exact) mass is 233 g/mol. The molecule has 17 heavy (non-hydrogen) atoms. The molecule has 0 saturated carbocycles. The van der Waals surface area contributed by atoms with E-state index in [0.29, 0.717) is 11.3 Å². The minimum absolute atomic E-state index is 0.134. The summed E-state index contributed by atoms with van der Waals surface area (Å²) in [7, 11) is 0. The van der Waals surface area contributed by atoms with Crippen molar-refractivity contribution in [2.24, 2.45) is 0 Å². The van der Waals surface area contributed by atoms with Gasteiger partial charge in [0, 0.05) is 5.56 Å². The van der Waals surface area contributed by atoms with Crippen LogP contribution in [0.5, 0.6) is 17.2 Å². The molecule has 0 bridgehead atoms. The van der Waals surface area contributed by atoms with Gasteiger partial charge in [-0.05, 0) is 31.2 Å². The first-order valence-corrected chi connectivity index (χ1v) is 5.03. The molecule has 0 amide bonds. The standard InChI is InChI=1S/C7H8O2.C6H7NO/c1-5-6(8)3-2-4-7(5)9;7-5-3-1-2-4-6(5)8/h2-4,8-9H,1H3;1-4,8H,7H2. The SMILES string of the molecule is Cc1c(O)cccc1O.Nc1ccccc1O. The molecule has 2 aromatic carbocycles. The van der Waals surface area contributed by atoms with E-state index in [0.717, 1.165) is 0 Å². The van der Waals surface area contributed by atoms with Gasteiger partial charge in [0.1, 0.15) is 17.2 Å². The quantitative estimate of drug-likeness (QED) is 0.415. The van der Waals surface area contributed by atoms with Gasteiger partial charge in [-0.15, -0.1) is 0 Å². The van der Waals surface area contributed by atoms with Crippen molar-refractivity contribution in [1.29, 1.82) is 0 Å². The molecule has 90 valence electrons. The average Bonchev–Trinajstić information content (AvgIpc) is 2.31. The Hall–Kier alpha value is -2.36. The lowest BCUT2D eigenvalue weighted by atomic mass is 10.2. The molecule has 2 rings (SSSR count). The van der Waals surface area contributed by atoms with Crippen molar-refractivity contribution in [2.75, 3.05) is 5.73 Å². The fraction of sp³-hybridized carbons (Fsp3) is 0.0769. The molecule has 5 N–H and O–H groups in total. The molecule has 0 aliphatic heterocycles. The molecule has 0 saturated heterocycles. The number of hydrogen-bond donors (Lipinski definition) is 4. The Morgan fingerprint density at radius 2 is 1.24 bits per heavy atom. The van der Waals surface area contributed by atoms with Crippen molar-refractivity contribution in [3.63, 3.8) is 0 Å². The van der Waals surface area contributed by atoms with Gasteiger partial charge in [-0.2, -0.15) is 0 Å². The maximum atomic E-state index is 8.94. The maximum Gasteiger partial charge on any atom is 0.138 e. The van der Waals surface area contributed by atoms with Crippen LogP contribution in [-0.2, 0) is 0 Å². The van der Waals surface area contributed by atoms with Gasteiger partial charge in [-0.3, -0.25) is 0 Å². The largest absolute Gasteiger partial charge is 0.508 e. The minimum Gasteiger partial charge on any atom is -0.508 e. The Balaban J connectivity index is 0.000000171.